The molecule has 1 saturated heterocycles. The molecular weight excluding hydrogens is 1430 g/mol. The summed E-state index contributed by atoms with van der Waals surface area (Å²) in [5.74, 6) is 1.04. The van der Waals surface area contributed by atoms with Gasteiger partial charge in [-0.2, -0.15) is 0 Å². The Bertz CT molecular complexity index is 4540. The summed E-state index contributed by atoms with van der Waals surface area (Å²) in [6, 6.07) is 30.3. The average Bonchev–Trinajstić information content (AvgIpc) is 1.70. The largest absolute Gasteiger partial charge is 0.494 e. The Kier molecular flexibility index (Phi) is 26.6. The number of halogens is 1. The van der Waals surface area contributed by atoms with Crippen molar-refractivity contribution in [2.75, 3.05) is 33.0 Å². The van der Waals surface area contributed by atoms with Crippen LogP contribution in [0.15, 0.2) is 128 Å². The number of carbonyl (C=O) groups excluding carboxylic acids is 2. The zero-order valence-electron chi connectivity index (χ0n) is 64.9. The van der Waals surface area contributed by atoms with Gasteiger partial charge in [0, 0.05) is 94.9 Å². The van der Waals surface area contributed by atoms with Gasteiger partial charge in [0.05, 0.1) is 61.0 Å². The summed E-state index contributed by atoms with van der Waals surface area (Å²) in [5, 5.41) is 10.1. The van der Waals surface area contributed by atoms with E-state index in [2.05, 4.69) is 39.2 Å². The summed E-state index contributed by atoms with van der Waals surface area (Å²) in [7, 11) is -0.280. The number of carbonyl (C=O) groups is 3. The Morgan fingerprint density at radius 3 is 1.17 bits per heavy atom. The lowest BCUT2D eigenvalue weighted by molar-refractivity contribution is -0.167. The van der Waals surface area contributed by atoms with E-state index in [4.69, 9.17) is 58.8 Å². The fourth-order valence-electron chi connectivity index (χ4n) is 13.1. The molecule has 0 aliphatic carbocycles. The number of hydrogen-bond donors (Lipinski definition) is 1. The zero-order chi connectivity index (χ0) is 77.3. The SMILES string of the molecule is CC1(C)OB(c2ccncc2)OC1(C)C.CCOC(=O)C(OC(C)(C)C)c1c(C)sc(-c2ccncc2)c1-c1ccc2c(c1)CCCO2.CCOC(=O)C(OC(C)(C)C)c1c(C)sc(Cl)c1-c1ccc2c(c1)CCCO2.Cc1sc(-c2ccncc2)c(-c2ccc3c(c2)CCCO3)c1C(OC(C)(C)C)C(=O)O. The summed E-state index contributed by atoms with van der Waals surface area (Å²) < 4.78 is 59.2. The summed E-state index contributed by atoms with van der Waals surface area (Å²) in [6.07, 6.45) is 13.8. The molecule has 9 aromatic rings. The van der Waals surface area contributed by atoms with Gasteiger partial charge in [0.2, 0.25) is 0 Å². The molecule has 0 amide bonds. The highest BCUT2D eigenvalue weighted by atomic mass is 35.5. The predicted octanol–water partition coefficient (Wildman–Crippen LogP) is 20.1. The maximum Gasteiger partial charge on any atom is 0.494 e. The summed E-state index contributed by atoms with van der Waals surface area (Å²) >= 11 is 11.4. The summed E-state index contributed by atoms with van der Waals surface area (Å²) in [5.41, 5.74) is 12.6. The molecule has 4 aliphatic rings. The fourth-order valence-corrected chi connectivity index (χ4v) is 17.0. The molecule has 3 aromatic carbocycles. The number of aromatic nitrogens is 3. The molecule has 17 nitrogen and oxygen atoms in total. The van der Waals surface area contributed by atoms with Crippen molar-refractivity contribution in [1.82, 2.24) is 15.0 Å². The maximum atomic E-state index is 13.2. The molecule has 0 radical (unpaired) electrons. The average molecular weight is 1530 g/mol. The third kappa shape index (κ3) is 20.2. The number of fused-ring (bicyclic) bond motifs is 3. The second-order valence-electron chi connectivity index (χ2n) is 30.6. The molecule has 6 aromatic heterocycles. The van der Waals surface area contributed by atoms with Crippen LogP contribution in [0.25, 0.3) is 54.3 Å². The van der Waals surface area contributed by atoms with Gasteiger partial charge < -0.3 is 52.3 Å². The van der Waals surface area contributed by atoms with Crippen molar-refractivity contribution in [3.63, 3.8) is 0 Å². The van der Waals surface area contributed by atoms with Crippen LogP contribution in [0.3, 0.4) is 0 Å². The van der Waals surface area contributed by atoms with Crippen LogP contribution in [-0.2, 0) is 66.6 Å². The van der Waals surface area contributed by atoms with Gasteiger partial charge in [0.25, 0.3) is 0 Å². The van der Waals surface area contributed by atoms with Crippen LogP contribution in [-0.4, -0.2) is 106 Å². The Morgan fingerprint density at radius 2 is 0.813 bits per heavy atom. The summed E-state index contributed by atoms with van der Waals surface area (Å²) in [6.45, 7) is 37.9. The number of thiophene rings is 3. The van der Waals surface area contributed by atoms with E-state index in [1.54, 1.807) is 66.8 Å². The number of nitrogens with zero attached hydrogens (tertiary/aromatic N) is 3. The topological polar surface area (TPSA) is 202 Å². The molecule has 1 fully saturated rings. The minimum absolute atomic E-state index is 0.277. The number of hydrogen-bond acceptors (Lipinski definition) is 19. The lowest BCUT2D eigenvalue weighted by Crippen LogP contribution is -2.41. The number of ether oxygens (including phenoxy) is 8. The van der Waals surface area contributed by atoms with Crippen molar-refractivity contribution < 1.29 is 66.7 Å². The van der Waals surface area contributed by atoms with Gasteiger partial charge in [-0.25, -0.2) is 14.4 Å². The second kappa shape index (κ2) is 34.8. The van der Waals surface area contributed by atoms with Crippen LogP contribution in [0.4, 0.5) is 0 Å². The van der Waals surface area contributed by atoms with Crippen LogP contribution in [0.2, 0.25) is 4.34 Å². The van der Waals surface area contributed by atoms with Gasteiger partial charge in [-0.05, 0) is 286 Å². The molecule has 107 heavy (non-hydrogen) atoms. The number of aryl methyl sites for hydroxylation is 6. The number of rotatable bonds is 17. The number of benzene rings is 3. The first-order valence-corrected chi connectivity index (χ1v) is 39.5. The van der Waals surface area contributed by atoms with E-state index in [0.29, 0.717) is 17.6 Å². The smallest absolute Gasteiger partial charge is 0.493 e. The first-order chi connectivity index (χ1) is 50.7. The summed E-state index contributed by atoms with van der Waals surface area (Å²) in [4.78, 5) is 55.6. The van der Waals surface area contributed by atoms with Crippen molar-refractivity contribution in [2.45, 2.75) is 209 Å². The van der Waals surface area contributed by atoms with E-state index < -0.39 is 47.1 Å². The Hall–Kier alpha value is -7.83. The van der Waals surface area contributed by atoms with Crippen molar-refractivity contribution in [2.24, 2.45) is 0 Å². The Labute approximate surface area is 648 Å². The van der Waals surface area contributed by atoms with Crippen molar-refractivity contribution in [3.05, 3.63) is 181 Å². The van der Waals surface area contributed by atoms with Crippen LogP contribution in [0.5, 0.6) is 17.2 Å². The quantitative estimate of drug-likeness (QED) is 0.0665. The molecule has 1 N–H and O–H groups in total. The molecule has 13 rings (SSSR count). The molecule has 0 spiro atoms. The molecule has 3 unspecified atom stereocenters. The molecule has 22 heteroatoms. The molecule has 3 atom stereocenters. The normalized spacial score (nSPS) is 15.8. The Balaban J connectivity index is 0.000000157. The third-order valence-corrected chi connectivity index (χ3v) is 22.2. The standard InChI is InChI=1S/C27H31NO4S.C25H27NO4S.C22H27ClO4S.C11H16BNO2/c1-6-30-26(29)24(32-27(3,4)5)22-17(2)33-25(18-11-13-28-14-12-18)23(22)20-9-10-21-19(16-20)8-7-15-31-21;1-15-20(22(24(27)28)30-25(2,3)4)21(23(31-15)16-9-11-26-12-10-16)18-7-8-19-17(14-18)6-5-13-29-19;1-6-25-21(24)19(27-22(3,4)5)17-13(2)28-20(23)18(17)15-9-10-16-14(12-15)8-7-11-26-16;1-10(2)11(3,4)15-12(14-10)9-5-7-13-8-6-9/h9-14,16,24H,6-8,15H2,1-5H3;7-12,14,22H,5-6,13H2,1-4H3,(H,27,28);9-10,12,19H,6-8,11H2,1-5H3;5-8H,1-4H3. The molecule has 10 heterocycles. The molecule has 4 aliphatic heterocycles. The van der Waals surface area contributed by atoms with E-state index in [-0.39, 0.29) is 24.3 Å². The predicted molar refractivity (Wildman–Crippen MR) is 428 cm³/mol. The fraction of sp³-hybridized carbons (Fsp3) is 0.435. The monoisotopic (exact) mass is 1530 g/mol. The highest BCUT2D eigenvalue weighted by molar-refractivity contribution is 7.17. The maximum absolute atomic E-state index is 13.2. The van der Waals surface area contributed by atoms with E-state index in [1.807, 2.05) is 184 Å². The van der Waals surface area contributed by atoms with E-state index >= 15 is 0 Å². The lowest BCUT2D eigenvalue weighted by atomic mass is 9.80. The van der Waals surface area contributed by atoms with Crippen molar-refractivity contribution >= 4 is 76.1 Å². The minimum atomic E-state index is -1.06. The van der Waals surface area contributed by atoms with Gasteiger partial charge in [0.15, 0.2) is 18.3 Å². The highest BCUT2D eigenvalue weighted by Crippen LogP contribution is 2.52. The van der Waals surface area contributed by atoms with Crippen molar-refractivity contribution in [3.8, 4) is 71.5 Å². The number of aliphatic carboxylic acids is 1. The van der Waals surface area contributed by atoms with Gasteiger partial charge >= 0.3 is 25.0 Å². The molecule has 0 bridgehead atoms. The lowest BCUT2D eigenvalue weighted by Gasteiger charge is -2.32. The Morgan fingerprint density at radius 1 is 0.486 bits per heavy atom. The van der Waals surface area contributed by atoms with Crippen molar-refractivity contribution in [1.29, 1.82) is 0 Å². The van der Waals surface area contributed by atoms with Gasteiger partial charge in [0.1, 0.15) is 21.6 Å². The first kappa shape index (κ1) is 81.7. The minimum Gasteiger partial charge on any atom is -0.493 e. The number of esters is 2. The van der Waals surface area contributed by atoms with Crippen LogP contribution < -0.4 is 19.7 Å². The number of pyridine rings is 3. The van der Waals surface area contributed by atoms with Crippen LogP contribution in [0, 0.1) is 20.8 Å². The molecular formula is C85H101BClN3O14S3. The van der Waals surface area contributed by atoms with Crippen LogP contribution in [0.1, 0.15) is 189 Å². The van der Waals surface area contributed by atoms with Gasteiger partial charge in [-0.1, -0.05) is 29.8 Å². The second-order valence-corrected chi connectivity index (χ2v) is 34.9. The van der Waals surface area contributed by atoms with E-state index in [0.717, 1.165) is 172 Å². The number of carboxylic acids is 1. The van der Waals surface area contributed by atoms with E-state index in [1.165, 1.54) is 22.5 Å². The van der Waals surface area contributed by atoms with E-state index in [9.17, 15) is 19.5 Å². The van der Waals surface area contributed by atoms with Gasteiger partial charge in [-0.15, -0.1) is 34.0 Å². The van der Waals surface area contributed by atoms with Gasteiger partial charge in [-0.3, -0.25) is 15.0 Å². The highest BCUT2D eigenvalue weighted by Gasteiger charge is 2.52. The zero-order valence-corrected chi connectivity index (χ0v) is 68.1. The number of carboxylic acid groups (broad SMARTS) is 1. The molecule has 0 saturated carbocycles. The first-order valence-electron chi connectivity index (χ1n) is 36.7. The molecule has 568 valence electrons. The third-order valence-electron chi connectivity index (χ3n) is 18.5. The van der Waals surface area contributed by atoms with Crippen LogP contribution >= 0.6 is 45.6 Å².